The van der Waals surface area contributed by atoms with E-state index in [0.717, 1.165) is 25.3 Å². The maximum Gasteiger partial charge on any atom is 0.419 e. The molecule has 1 fully saturated rings. The molecule has 6 nitrogen and oxygen atoms in total. The van der Waals surface area contributed by atoms with Gasteiger partial charge in [0.2, 0.25) is 0 Å². The third-order valence-corrected chi connectivity index (χ3v) is 6.57. The van der Waals surface area contributed by atoms with E-state index in [9.17, 15) is 9.59 Å². The molecular weight excluding hydrogens is 438 g/mol. The first-order valence-electron chi connectivity index (χ1n) is 12.0. The van der Waals surface area contributed by atoms with E-state index in [0.29, 0.717) is 22.4 Å². The van der Waals surface area contributed by atoms with Gasteiger partial charge in [-0.2, -0.15) is 0 Å². The Balaban J connectivity index is 1.28. The van der Waals surface area contributed by atoms with E-state index in [1.165, 1.54) is 23.3 Å². The standard InChI is InChI=1S/C29H33N3O3/c1-29(2)17-19-32(20-18-29)21-22-9-11-23(12-10-22)27(33)30-24-13-15-26(16-14-24)35-28(34)31(3)25-7-5-4-6-8-25/h4-16H,17-21H2,1-3H3,(H,30,33). The lowest BCUT2D eigenvalue weighted by atomic mass is 9.82. The molecule has 1 heterocycles. The number of carbonyl (C=O) groups excluding carboxylic acids is 2. The van der Waals surface area contributed by atoms with Crippen LogP contribution in [0, 0.1) is 5.41 Å². The number of hydrogen-bond acceptors (Lipinski definition) is 4. The van der Waals surface area contributed by atoms with Gasteiger partial charge in [-0.25, -0.2) is 4.79 Å². The van der Waals surface area contributed by atoms with Crippen LogP contribution in [0.4, 0.5) is 16.2 Å². The number of ether oxygens (including phenoxy) is 1. The minimum absolute atomic E-state index is 0.176. The van der Waals surface area contributed by atoms with Crippen LogP contribution in [-0.4, -0.2) is 37.0 Å². The minimum Gasteiger partial charge on any atom is -0.410 e. The van der Waals surface area contributed by atoms with E-state index in [1.54, 1.807) is 31.3 Å². The number of amides is 2. The van der Waals surface area contributed by atoms with Crippen LogP contribution in [0.3, 0.4) is 0 Å². The average molecular weight is 472 g/mol. The summed E-state index contributed by atoms with van der Waals surface area (Å²) in [5, 5.41) is 2.90. The highest BCUT2D eigenvalue weighted by atomic mass is 16.6. The van der Waals surface area contributed by atoms with Crippen molar-refractivity contribution in [1.29, 1.82) is 0 Å². The van der Waals surface area contributed by atoms with Gasteiger partial charge in [-0.15, -0.1) is 0 Å². The number of likely N-dealkylation sites (tertiary alicyclic amines) is 1. The predicted molar refractivity (Wildman–Crippen MR) is 140 cm³/mol. The molecule has 1 aliphatic heterocycles. The highest BCUT2D eigenvalue weighted by molar-refractivity contribution is 6.04. The van der Waals surface area contributed by atoms with Crippen molar-refractivity contribution in [2.45, 2.75) is 33.2 Å². The van der Waals surface area contributed by atoms with Gasteiger partial charge in [0.15, 0.2) is 0 Å². The number of nitrogens with zero attached hydrogens (tertiary/aromatic N) is 2. The molecule has 35 heavy (non-hydrogen) atoms. The van der Waals surface area contributed by atoms with Crippen molar-refractivity contribution in [1.82, 2.24) is 4.90 Å². The number of hydrogen-bond donors (Lipinski definition) is 1. The van der Waals surface area contributed by atoms with Crippen molar-refractivity contribution in [2.24, 2.45) is 5.41 Å². The molecule has 0 saturated carbocycles. The van der Waals surface area contributed by atoms with Crippen LogP contribution >= 0.6 is 0 Å². The van der Waals surface area contributed by atoms with Crippen LogP contribution in [0.5, 0.6) is 5.75 Å². The van der Waals surface area contributed by atoms with Gasteiger partial charge in [0.05, 0.1) is 0 Å². The summed E-state index contributed by atoms with van der Waals surface area (Å²) in [4.78, 5) is 29.0. The SMILES string of the molecule is CN(C(=O)Oc1ccc(NC(=O)c2ccc(CN3CCC(C)(C)CC3)cc2)cc1)c1ccccc1. The quantitative estimate of drug-likeness (QED) is 0.465. The number of carbonyl (C=O) groups is 2. The maximum atomic E-state index is 12.7. The van der Waals surface area contributed by atoms with E-state index in [1.807, 2.05) is 54.6 Å². The van der Waals surface area contributed by atoms with Gasteiger partial charge in [0.25, 0.3) is 5.91 Å². The Kier molecular flexibility index (Phi) is 7.51. The first-order valence-corrected chi connectivity index (χ1v) is 12.0. The highest BCUT2D eigenvalue weighted by Gasteiger charge is 2.25. The summed E-state index contributed by atoms with van der Waals surface area (Å²) in [6, 6.07) is 23.8. The largest absolute Gasteiger partial charge is 0.419 e. The van der Waals surface area contributed by atoms with Crippen LogP contribution in [0.1, 0.15) is 42.6 Å². The molecule has 4 rings (SSSR count). The lowest BCUT2D eigenvalue weighted by Gasteiger charge is -2.36. The van der Waals surface area contributed by atoms with Crippen LogP contribution in [0.25, 0.3) is 0 Å². The molecule has 0 unspecified atom stereocenters. The second kappa shape index (κ2) is 10.7. The molecule has 1 aliphatic rings. The summed E-state index contributed by atoms with van der Waals surface area (Å²) in [7, 11) is 1.66. The Morgan fingerprint density at radius 1 is 0.914 bits per heavy atom. The summed E-state index contributed by atoms with van der Waals surface area (Å²) < 4.78 is 5.43. The molecule has 0 bridgehead atoms. The normalized spacial score (nSPS) is 15.3. The second-order valence-electron chi connectivity index (χ2n) is 9.88. The molecule has 0 radical (unpaired) electrons. The predicted octanol–water partition coefficient (Wildman–Crippen LogP) is 6.20. The number of piperidine rings is 1. The first kappa shape index (κ1) is 24.5. The van der Waals surface area contributed by atoms with Crippen LogP contribution in [0.2, 0.25) is 0 Å². The summed E-state index contributed by atoms with van der Waals surface area (Å²) in [6.45, 7) is 7.81. The van der Waals surface area contributed by atoms with Gasteiger partial charge in [0.1, 0.15) is 5.75 Å². The zero-order valence-electron chi connectivity index (χ0n) is 20.7. The van der Waals surface area contributed by atoms with Crippen molar-refractivity contribution >= 4 is 23.4 Å². The van der Waals surface area contributed by atoms with Gasteiger partial charge < -0.3 is 10.1 Å². The van der Waals surface area contributed by atoms with Gasteiger partial charge >= 0.3 is 6.09 Å². The average Bonchev–Trinajstić information content (AvgIpc) is 2.87. The Morgan fingerprint density at radius 3 is 2.17 bits per heavy atom. The second-order valence-corrected chi connectivity index (χ2v) is 9.88. The molecule has 1 saturated heterocycles. The van der Waals surface area contributed by atoms with Crippen molar-refractivity contribution in [3.05, 3.63) is 90.0 Å². The topological polar surface area (TPSA) is 61.9 Å². The molecule has 0 aliphatic carbocycles. The fourth-order valence-corrected chi connectivity index (χ4v) is 4.07. The minimum atomic E-state index is -0.485. The third-order valence-electron chi connectivity index (χ3n) is 6.57. The van der Waals surface area contributed by atoms with E-state index < -0.39 is 6.09 Å². The fourth-order valence-electron chi connectivity index (χ4n) is 4.07. The Morgan fingerprint density at radius 2 is 1.54 bits per heavy atom. The van der Waals surface area contributed by atoms with Crippen LogP contribution < -0.4 is 15.0 Å². The third kappa shape index (κ3) is 6.70. The molecule has 6 heteroatoms. The molecule has 1 N–H and O–H groups in total. The van der Waals surface area contributed by atoms with Crippen molar-refractivity contribution in [3.63, 3.8) is 0 Å². The smallest absolute Gasteiger partial charge is 0.410 e. The van der Waals surface area contributed by atoms with Crippen molar-refractivity contribution < 1.29 is 14.3 Å². The molecule has 3 aromatic rings. The lowest BCUT2D eigenvalue weighted by molar-refractivity contribution is 0.102. The number of rotatable bonds is 6. The number of anilines is 2. The first-order chi connectivity index (χ1) is 16.8. The maximum absolute atomic E-state index is 12.7. The summed E-state index contributed by atoms with van der Waals surface area (Å²) in [5.41, 5.74) is 3.64. The number of para-hydroxylation sites is 1. The van der Waals surface area contributed by atoms with Crippen LogP contribution in [0.15, 0.2) is 78.9 Å². The van der Waals surface area contributed by atoms with E-state index in [4.69, 9.17) is 4.74 Å². The lowest BCUT2D eigenvalue weighted by Crippen LogP contribution is -2.36. The van der Waals surface area contributed by atoms with Crippen LogP contribution in [-0.2, 0) is 6.54 Å². The van der Waals surface area contributed by atoms with E-state index in [2.05, 4.69) is 24.1 Å². The van der Waals surface area contributed by atoms with Crippen molar-refractivity contribution in [2.75, 3.05) is 30.4 Å². The summed E-state index contributed by atoms with van der Waals surface area (Å²) in [5.74, 6) is 0.228. The number of benzene rings is 3. The van der Waals surface area contributed by atoms with Gasteiger partial charge in [-0.05, 0) is 85.4 Å². The van der Waals surface area contributed by atoms with E-state index >= 15 is 0 Å². The summed E-state index contributed by atoms with van der Waals surface area (Å²) >= 11 is 0. The molecular formula is C29H33N3O3. The molecule has 0 spiro atoms. The Hall–Kier alpha value is -3.64. The number of nitrogens with one attached hydrogen (secondary N) is 1. The highest BCUT2D eigenvalue weighted by Crippen LogP contribution is 2.30. The molecule has 0 atom stereocenters. The van der Waals surface area contributed by atoms with E-state index in [-0.39, 0.29) is 5.91 Å². The molecule has 2 amide bonds. The van der Waals surface area contributed by atoms with Gasteiger partial charge in [-0.3, -0.25) is 14.6 Å². The molecule has 182 valence electrons. The summed E-state index contributed by atoms with van der Waals surface area (Å²) in [6.07, 6.45) is 1.95. The van der Waals surface area contributed by atoms with Crippen molar-refractivity contribution in [3.8, 4) is 5.75 Å². The monoisotopic (exact) mass is 471 g/mol. The zero-order valence-corrected chi connectivity index (χ0v) is 20.7. The van der Waals surface area contributed by atoms with Gasteiger partial charge in [-0.1, -0.05) is 44.2 Å². The Bertz CT molecular complexity index is 1130. The Labute approximate surface area is 207 Å². The van der Waals surface area contributed by atoms with Gasteiger partial charge in [0, 0.05) is 30.5 Å². The molecule has 0 aromatic heterocycles. The molecule has 3 aromatic carbocycles. The fraction of sp³-hybridized carbons (Fsp3) is 0.310. The zero-order chi connectivity index (χ0) is 24.8.